The Morgan fingerprint density at radius 2 is 2.24 bits per heavy atom. The van der Waals surface area contributed by atoms with Gasteiger partial charge in [0.25, 0.3) is 0 Å². The van der Waals surface area contributed by atoms with Gasteiger partial charge in [0.1, 0.15) is 5.75 Å². The van der Waals surface area contributed by atoms with E-state index in [9.17, 15) is 0 Å². The van der Waals surface area contributed by atoms with Crippen molar-refractivity contribution in [3.63, 3.8) is 0 Å². The third kappa shape index (κ3) is 2.61. The molecule has 94 valence electrons. The average Bonchev–Trinajstić information content (AvgIpc) is 2.38. The summed E-state index contributed by atoms with van der Waals surface area (Å²) >= 11 is 1.94. The zero-order valence-electron chi connectivity index (χ0n) is 10.9. The zero-order valence-corrected chi connectivity index (χ0v) is 11.7. The maximum atomic E-state index is 5.50. The van der Waals surface area contributed by atoms with Crippen molar-refractivity contribution in [1.82, 2.24) is 5.32 Å². The first-order valence-electron chi connectivity index (χ1n) is 6.29. The van der Waals surface area contributed by atoms with E-state index in [1.807, 2.05) is 18.8 Å². The number of methoxy groups -OCH3 is 1. The van der Waals surface area contributed by atoms with Gasteiger partial charge in [-0.15, -0.1) is 11.8 Å². The molecule has 0 saturated heterocycles. The molecule has 1 N–H and O–H groups in total. The number of thioether (sulfide) groups is 1. The smallest absolute Gasteiger partial charge is 0.122 e. The second-order valence-corrected chi connectivity index (χ2v) is 5.69. The molecular formula is C14H21NOS. The van der Waals surface area contributed by atoms with E-state index in [1.165, 1.54) is 28.9 Å². The van der Waals surface area contributed by atoms with Crippen molar-refractivity contribution in [2.75, 3.05) is 19.9 Å². The van der Waals surface area contributed by atoms with Gasteiger partial charge in [0.2, 0.25) is 0 Å². The summed E-state index contributed by atoms with van der Waals surface area (Å²) in [4.78, 5) is 1.44. The molecule has 0 aliphatic heterocycles. The van der Waals surface area contributed by atoms with Gasteiger partial charge in [0.15, 0.2) is 0 Å². The van der Waals surface area contributed by atoms with Gasteiger partial charge in [0.05, 0.1) is 7.11 Å². The molecule has 1 aliphatic carbocycles. The number of nitrogens with one attached hydrogen (secondary N) is 1. The van der Waals surface area contributed by atoms with Crippen LogP contribution in [-0.2, 0) is 12.8 Å². The number of likely N-dealkylation sites (N-methyl/N-ethyl adjacent to an activating group) is 1. The molecule has 1 aromatic rings. The van der Waals surface area contributed by atoms with Gasteiger partial charge in [-0.05, 0) is 55.3 Å². The fourth-order valence-electron chi connectivity index (χ4n) is 2.54. The first-order chi connectivity index (χ1) is 8.30. The summed E-state index contributed by atoms with van der Waals surface area (Å²) in [6, 6.07) is 4.93. The normalized spacial score (nSPS) is 18.9. The van der Waals surface area contributed by atoms with E-state index in [0.29, 0.717) is 6.04 Å². The highest BCUT2D eigenvalue weighted by Gasteiger charge is 2.22. The van der Waals surface area contributed by atoms with Crippen molar-refractivity contribution in [3.05, 3.63) is 23.3 Å². The number of fused-ring (bicyclic) bond motifs is 1. The predicted molar refractivity (Wildman–Crippen MR) is 74.3 cm³/mol. The molecular weight excluding hydrogens is 230 g/mol. The lowest BCUT2D eigenvalue weighted by atomic mass is 9.87. The Kier molecular flexibility index (Phi) is 4.35. The molecule has 0 heterocycles. The van der Waals surface area contributed by atoms with Gasteiger partial charge < -0.3 is 10.1 Å². The van der Waals surface area contributed by atoms with E-state index in [-0.39, 0.29) is 0 Å². The second kappa shape index (κ2) is 5.78. The van der Waals surface area contributed by atoms with E-state index < -0.39 is 0 Å². The Balaban J connectivity index is 2.38. The van der Waals surface area contributed by atoms with Crippen LogP contribution in [0.5, 0.6) is 5.75 Å². The van der Waals surface area contributed by atoms with Crippen molar-refractivity contribution < 1.29 is 4.74 Å². The second-order valence-electron chi connectivity index (χ2n) is 4.38. The van der Waals surface area contributed by atoms with Crippen LogP contribution >= 0.6 is 11.8 Å². The molecule has 1 atom stereocenters. The van der Waals surface area contributed by atoms with Crippen molar-refractivity contribution in [2.24, 2.45) is 0 Å². The summed E-state index contributed by atoms with van der Waals surface area (Å²) in [5, 5.41) is 3.39. The lowest BCUT2D eigenvalue weighted by molar-refractivity contribution is 0.397. The Hall–Kier alpha value is -0.670. The molecule has 2 rings (SSSR count). The van der Waals surface area contributed by atoms with Gasteiger partial charge in [-0.2, -0.15) is 0 Å². The van der Waals surface area contributed by atoms with Crippen molar-refractivity contribution in [2.45, 2.75) is 37.1 Å². The van der Waals surface area contributed by atoms with E-state index in [1.54, 1.807) is 7.11 Å². The van der Waals surface area contributed by atoms with Crippen LogP contribution in [-0.4, -0.2) is 26.0 Å². The fourth-order valence-corrected chi connectivity index (χ4v) is 3.42. The summed E-state index contributed by atoms with van der Waals surface area (Å²) in [5.74, 6) is 2.19. The number of hydrogen-bond acceptors (Lipinski definition) is 3. The molecule has 0 spiro atoms. The summed E-state index contributed by atoms with van der Waals surface area (Å²) < 4.78 is 5.50. The van der Waals surface area contributed by atoms with Crippen molar-refractivity contribution in [1.29, 1.82) is 0 Å². The Bertz CT molecular complexity index is 392. The van der Waals surface area contributed by atoms with Crippen LogP contribution in [0.3, 0.4) is 0 Å². The number of rotatable bonds is 4. The molecule has 1 aliphatic rings. The van der Waals surface area contributed by atoms with Crippen LogP contribution in [0.2, 0.25) is 0 Å². The summed E-state index contributed by atoms with van der Waals surface area (Å²) in [6.07, 6.45) is 3.49. The van der Waals surface area contributed by atoms with Crippen LogP contribution < -0.4 is 10.1 Å². The van der Waals surface area contributed by atoms with Crippen LogP contribution in [0.1, 0.15) is 24.5 Å². The SMILES string of the molecule is CCSc1ccc(OC)c2c1CCC(NC)C2. The maximum Gasteiger partial charge on any atom is 0.122 e. The molecule has 0 radical (unpaired) electrons. The number of hydrogen-bond donors (Lipinski definition) is 1. The standard InChI is InChI=1S/C14H21NOS/c1-4-17-14-8-7-13(16-3)12-9-10(15-2)5-6-11(12)14/h7-8,10,15H,4-6,9H2,1-3H3. The Labute approximate surface area is 108 Å². The van der Waals surface area contributed by atoms with Crippen LogP contribution in [0.4, 0.5) is 0 Å². The summed E-state index contributed by atoms with van der Waals surface area (Å²) in [7, 11) is 3.82. The molecule has 0 aromatic heterocycles. The van der Waals surface area contributed by atoms with Crippen molar-refractivity contribution >= 4 is 11.8 Å². The Morgan fingerprint density at radius 1 is 1.41 bits per heavy atom. The van der Waals surface area contributed by atoms with E-state index in [4.69, 9.17) is 4.74 Å². The molecule has 0 amide bonds. The molecule has 3 heteroatoms. The third-order valence-corrected chi connectivity index (χ3v) is 4.45. The first-order valence-corrected chi connectivity index (χ1v) is 7.27. The topological polar surface area (TPSA) is 21.3 Å². The molecule has 0 fully saturated rings. The van der Waals surface area contributed by atoms with Gasteiger partial charge in [-0.1, -0.05) is 6.92 Å². The molecule has 17 heavy (non-hydrogen) atoms. The van der Waals surface area contributed by atoms with E-state index >= 15 is 0 Å². The predicted octanol–water partition coefficient (Wildman–Crippen LogP) is 2.88. The minimum atomic E-state index is 0.596. The summed E-state index contributed by atoms with van der Waals surface area (Å²) in [6.45, 7) is 2.21. The average molecular weight is 251 g/mol. The van der Waals surface area contributed by atoms with Crippen molar-refractivity contribution in [3.8, 4) is 5.75 Å². The van der Waals surface area contributed by atoms with Crippen LogP contribution in [0, 0.1) is 0 Å². The van der Waals surface area contributed by atoms with Gasteiger partial charge in [-0.25, -0.2) is 0 Å². The monoisotopic (exact) mass is 251 g/mol. The lowest BCUT2D eigenvalue weighted by Crippen LogP contribution is -2.32. The van der Waals surface area contributed by atoms with Crippen LogP contribution in [0.25, 0.3) is 0 Å². The molecule has 0 saturated carbocycles. The quantitative estimate of drug-likeness (QED) is 0.831. The molecule has 1 unspecified atom stereocenters. The lowest BCUT2D eigenvalue weighted by Gasteiger charge is -2.27. The molecule has 2 nitrogen and oxygen atoms in total. The molecule has 1 aromatic carbocycles. The highest BCUT2D eigenvalue weighted by atomic mass is 32.2. The van der Waals surface area contributed by atoms with Crippen LogP contribution in [0.15, 0.2) is 17.0 Å². The van der Waals surface area contributed by atoms with Gasteiger partial charge in [0, 0.05) is 10.9 Å². The minimum absolute atomic E-state index is 0.596. The highest BCUT2D eigenvalue weighted by Crippen LogP contribution is 2.36. The summed E-state index contributed by atoms with van der Waals surface area (Å²) in [5.41, 5.74) is 2.93. The largest absolute Gasteiger partial charge is 0.496 e. The fraction of sp³-hybridized carbons (Fsp3) is 0.571. The van der Waals surface area contributed by atoms with Gasteiger partial charge >= 0.3 is 0 Å². The maximum absolute atomic E-state index is 5.50. The Morgan fingerprint density at radius 3 is 2.88 bits per heavy atom. The number of benzene rings is 1. The third-order valence-electron chi connectivity index (χ3n) is 3.47. The first kappa shape index (κ1) is 12.8. The number of ether oxygens (including phenoxy) is 1. The van der Waals surface area contributed by atoms with Gasteiger partial charge in [-0.3, -0.25) is 0 Å². The van der Waals surface area contributed by atoms with E-state index in [0.717, 1.165) is 17.9 Å². The molecule has 0 bridgehead atoms. The zero-order chi connectivity index (χ0) is 12.3. The minimum Gasteiger partial charge on any atom is -0.496 e. The van der Waals surface area contributed by atoms with E-state index in [2.05, 4.69) is 24.4 Å². The highest BCUT2D eigenvalue weighted by molar-refractivity contribution is 7.99.